The minimum absolute atomic E-state index is 0.00405. The Morgan fingerprint density at radius 1 is 0.977 bits per heavy atom. The van der Waals surface area contributed by atoms with Crippen LogP contribution in [0.4, 0.5) is 11.4 Å². The zero-order chi connectivity index (χ0) is 30.6. The van der Waals surface area contributed by atoms with Crippen LogP contribution in [-0.2, 0) is 20.9 Å². The van der Waals surface area contributed by atoms with Crippen molar-refractivity contribution >= 4 is 62.5 Å². The highest BCUT2D eigenvalue weighted by Gasteiger charge is 2.31. The van der Waals surface area contributed by atoms with E-state index in [1.165, 1.54) is 27.4 Å². The third-order valence-electron chi connectivity index (χ3n) is 6.70. The number of benzene rings is 1. The number of fused-ring (bicyclic) bond motifs is 1. The number of nitrogens with zero attached hydrogens (tertiary/aromatic N) is 5. The zero-order valence-electron chi connectivity index (χ0n) is 23.7. The fraction of sp³-hybridized carbons (Fsp3) is 0.161. The lowest BCUT2D eigenvalue weighted by Gasteiger charge is -2.23. The minimum Gasteiger partial charge on any atom is -0.462 e. The minimum atomic E-state index is -0.848. The molecule has 0 saturated heterocycles. The van der Waals surface area contributed by atoms with E-state index in [1.54, 1.807) is 32.3 Å². The molecule has 1 aromatic carbocycles. The number of carbonyl (C=O) groups is 2. The number of pyridine rings is 1. The molecule has 5 aromatic rings. The molecule has 1 N–H and O–H groups in total. The first-order valence-corrected chi connectivity index (χ1v) is 15.5. The monoisotopic (exact) mass is 626 g/mol. The van der Waals surface area contributed by atoms with Crippen molar-refractivity contribution in [3.8, 4) is 10.6 Å². The third-order valence-corrected chi connectivity index (χ3v) is 8.45. The van der Waals surface area contributed by atoms with Crippen molar-refractivity contribution in [3.63, 3.8) is 0 Å². The number of hydroxylamine groups is 1. The van der Waals surface area contributed by atoms with Crippen molar-refractivity contribution in [2.75, 3.05) is 18.5 Å². The van der Waals surface area contributed by atoms with Crippen LogP contribution >= 0.6 is 22.7 Å². The van der Waals surface area contributed by atoms with E-state index in [4.69, 9.17) is 9.57 Å². The van der Waals surface area contributed by atoms with Crippen LogP contribution in [0, 0.1) is 0 Å². The first kappa shape index (κ1) is 29.0. The molecule has 0 amide bonds. The molecule has 0 aliphatic carbocycles. The number of ether oxygens (including phenoxy) is 1. The topological polar surface area (TPSA) is 128 Å². The largest absolute Gasteiger partial charge is 0.462 e. The van der Waals surface area contributed by atoms with Gasteiger partial charge in [-0.2, -0.15) is 5.10 Å². The van der Waals surface area contributed by atoms with Crippen molar-refractivity contribution < 1.29 is 19.2 Å². The normalized spacial score (nSPS) is 12.9. The van der Waals surface area contributed by atoms with Gasteiger partial charge < -0.3 is 14.9 Å². The molecule has 0 spiro atoms. The van der Waals surface area contributed by atoms with Gasteiger partial charge in [0.15, 0.2) is 0 Å². The number of anilines is 2. The van der Waals surface area contributed by atoms with E-state index in [2.05, 4.69) is 20.5 Å². The molecular weight excluding hydrogens is 601 g/mol. The molecule has 44 heavy (non-hydrogen) atoms. The smallest absolute Gasteiger partial charge is 0.369 e. The highest BCUT2D eigenvalue weighted by Crippen LogP contribution is 2.33. The van der Waals surface area contributed by atoms with Crippen molar-refractivity contribution in [1.82, 2.24) is 19.9 Å². The van der Waals surface area contributed by atoms with Crippen LogP contribution in [0.15, 0.2) is 93.2 Å². The van der Waals surface area contributed by atoms with Gasteiger partial charge in [0.05, 0.1) is 40.4 Å². The lowest BCUT2D eigenvalue weighted by molar-refractivity contribution is -0.138. The Kier molecular flexibility index (Phi) is 8.30. The van der Waals surface area contributed by atoms with Crippen LogP contribution in [-0.4, -0.2) is 50.7 Å². The SMILES string of the molecule is CCOC(=O)C1=CCN(OC(=O)c2c(-c3cccs3)nn(CC)c(=O)c2Nc2cncc3ccccc23)N=C1c1cccs1. The number of thiophene rings is 2. The van der Waals surface area contributed by atoms with E-state index >= 15 is 0 Å². The zero-order valence-corrected chi connectivity index (χ0v) is 25.4. The van der Waals surface area contributed by atoms with Gasteiger partial charge in [-0.05, 0) is 42.8 Å². The second-order valence-electron chi connectivity index (χ2n) is 9.41. The van der Waals surface area contributed by atoms with Gasteiger partial charge in [0.2, 0.25) is 0 Å². The maximum atomic E-state index is 14.1. The number of aryl methyl sites for hydroxylation is 1. The van der Waals surface area contributed by atoms with E-state index in [-0.39, 0.29) is 42.2 Å². The van der Waals surface area contributed by atoms with Gasteiger partial charge in [-0.3, -0.25) is 9.78 Å². The van der Waals surface area contributed by atoms with Crippen molar-refractivity contribution in [2.24, 2.45) is 5.10 Å². The Hall–Kier alpha value is -5.14. The number of hydrogen-bond acceptors (Lipinski definition) is 12. The Morgan fingerprint density at radius 2 is 1.75 bits per heavy atom. The molecular formula is C31H26N6O5S2. The summed E-state index contributed by atoms with van der Waals surface area (Å²) in [6, 6.07) is 14.9. The molecule has 6 rings (SSSR count). The third kappa shape index (κ3) is 5.62. The van der Waals surface area contributed by atoms with Crippen LogP contribution in [0.2, 0.25) is 0 Å². The van der Waals surface area contributed by atoms with Crippen LogP contribution in [0.5, 0.6) is 0 Å². The maximum Gasteiger partial charge on any atom is 0.369 e. The lowest BCUT2D eigenvalue weighted by atomic mass is 10.1. The number of aromatic nitrogens is 3. The Morgan fingerprint density at radius 3 is 2.48 bits per heavy atom. The van der Waals surface area contributed by atoms with Crippen LogP contribution < -0.4 is 10.9 Å². The molecule has 0 saturated carbocycles. The molecule has 0 unspecified atom stereocenters. The van der Waals surface area contributed by atoms with E-state index in [1.807, 2.05) is 59.3 Å². The Bertz CT molecular complexity index is 1960. The van der Waals surface area contributed by atoms with Gasteiger partial charge in [0.25, 0.3) is 5.56 Å². The molecule has 11 nitrogen and oxygen atoms in total. The van der Waals surface area contributed by atoms with E-state index in [9.17, 15) is 14.4 Å². The Balaban J connectivity index is 1.44. The lowest BCUT2D eigenvalue weighted by Crippen LogP contribution is -2.33. The fourth-order valence-corrected chi connectivity index (χ4v) is 6.13. The number of hydrogen-bond donors (Lipinski definition) is 1. The molecule has 0 radical (unpaired) electrons. The second kappa shape index (κ2) is 12.6. The molecule has 13 heteroatoms. The summed E-state index contributed by atoms with van der Waals surface area (Å²) in [5.74, 6) is -1.37. The molecule has 0 fully saturated rings. The summed E-state index contributed by atoms with van der Waals surface area (Å²) in [6.07, 6.45) is 4.92. The van der Waals surface area contributed by atoms with Crippen LogP contribution in [0.1, 0.15) is 29.1 Å². The predicted octanol–water partition coefficient (Wildman–Crippen LogP) is 5.63. The summed E-state index contributed by atoms with van der Waals surface area (Å²) in [5, 5.41) is 18.7. The summed E-state index contributed by atoms with van der Waals surface area (Å²) < 4.78 is 6.52. The Labute approximate surface area is 259 Å². The maximum absolute atomic E-state index is 14.1. The summed E-state index contributed by atoms with van der Waals surface area (Å²) in [4.78, 5) is 52.0. The van der Waals surface area contributed by atoms with E-state index in [0.29, 0.717) is 21.2 Å². The number of nitrogens with one attached hydrogen (secondary N) is 1. The first-order valence-electron chi connectivity index (χ1n) is 13.8. The van der Waals surface area contributed by atoms with Gasteiger partial charge in [0.1, 0.15) is 22.7 Å². The molecule has 5 heterocycles. The average molecular weight is 627 g/mol. The van der Waals surface area contributed by atoms with Gasteiger partial charge >= 0.3 is 11.9 Å². The number of hydrazone groups is 1. The highest BCUT2D eigenvalue weighted by atomic mass is 32.1. The van der Waals surface area contributed by atoms with Crippen molar-refractivity contribution in [3.05, 3.63) is 104 Å². The van der Waals surface area contributed by atoms with Gasteiger partial charge in [0, 0.05) is 23.5 Å². The predicted molar refractivity (Wildman–Crippen MR) is 170 cm³/mol. The van der Waals surface area contributed by atoms with Gasteiger partial charge in [-0.25, -0.2) is 14.3 Å². The van der Waals surface area contributed by atoms with Crippen LogP contribution in [0.25, 0.3) is 21.3 Å². The number of esters is 1. The average Bonchev–Trinajstić information content (AvgIpc) is 3.78. The van der Waals surface area contributed by atoms with E-state index < -0.39 is 17.5 Å². The molecule has 0 atom stereocenters. The summed E-state index contributed by atoms with van der Waals surface area (Å²) in [6.45, 7) is 3.99. The molecule has 222 valence electrons. The fourth-order valence-electron chi connectivity index (χ4n) is 4.69. The van der Waals surface area contributed by atoms with E-state index in [0.717, 1.165) is 15.9 Å². The van der Waals surface area contributed by atoms with Crippen molar-refractivity contribution in [2.45, 2.75) is 20.4 Å². The quantitative estimate of drug-likeness (QED) is 0.207. The standard InChI is InChI=1S/C31H26N6O5S2/c1-3-36-29(38)28(33-22-18-32-17-19-9-5-6-10-20(19)22)25(27(34-36)24-12-8-16-44-24)31(40)42-37-14-13-21(30(39)41-4-2)26(35-37)23-11-7-15-43-23/h5-13,15-18,33H,3-4,14H2,1-2H3. The summed E-state index contributed by atoms with van der Waals surface area (Å²) in [7, 11) is 0. The second-order valence-corrected chi connectivity index (χ2v) is 11.3. The number of carbonyl (C=O) groups excluding carboxylic acids is 2. The highest BCUT2D eigenvalue weighted by molar-refractivity contribution is 7.13. The van der Waals surface area contributed by atoms with Crippen molar-refractivity contribution in [1.29, 1.82) is 0 Å². The molecule has 1 aliphatic heterocycles. The summed E-state index contributed by atoms with van der Waals surface area (Å²) in [5.41, 5.74) is 0.856. The number of rotatable bonds is 9. The molecule has 1 aliphatic rings. The molecule has 0 bridgehead atoms. The van der Waals surface area contributed by atoms with Gasteiger partial charge in [-0.15, -0.1) is 32.9 Å². The van der Waals surface area contributed by atoms with Gasteiger partial charge in [-0.1, -0.05) is 36.4 Å². The molecule has 4 aromatic heterocycles. The summed E-state index contributed by atoms with van der Waals surface area (Å²) >= 11 is 2.76. The van der Waals surface area contributed by atoms with Crippen LogP contribution in [0.3, 0.4) is 0 Å². The first-order chi connectivity index (χ1) is 21.5.